The van der Waals surface area contributed by atoms with Crippen molar-refractivity contribution in [2.24, 2.45) is 0 Å². The van der Waals surface area contributed by atoms with Crippen molar-refractivity contribution in [3.63, 3.8) is 0 Å². The Morgan fingerprint density at radius 3 is 2.14 bits per heavy atom. The van der Waals surface area contributed by atoms with Gasteiger partial charge in [-0.25, -0.2) is 8.42 Å². The van der Waals surface area contributed by atoms with Crippen LogP contribution in [-0.2, 0) is 33.5 Å². The minimum atomic E-state index is -3.94. The van der Waals surface area contributed by atoms with Gasteiger partial charge < -0.3 is 28.8 Å². The lowest BCUT2D eigenvalue weighted by Crippen LogP contribution is -2.58. The molecule has 128 valence electrons. The fourth-order valence-electron chi connectivity index (χ4n) is 3.15. The topological polar surface area (TPSA) is 101 Å². The summed E-state index contributed by atoms with van der Waals surface area (Å²) in [7, 11) is -3.94. The van der Waals surface area contributed by atoms with Crippen molar-refractivity contribution in [3.05, 3.63) is 0 Å². The number of ether oxygens (including phenoxy) is 5. The Bertz CT molecular complexity index is 571. The average molecular weight is 338 g/mol. The van der Waals surface area contributed by atoms with Crippen LogP contribution in [0, 0.1) is 0 Å². The standard InChI is InChI=1S/C13H22O8S/c1-11(2)17-6-7(19-11)8-13(14,22(5,15)16)9-10(18-8)21-12(3,4)20-9/h7-10,14H,6H2,1-5H3/t7-,8-,9+,10-,13-/m1/s1. The third kappa shape index (κ3) is 2.39. The quantitative estimate of drug-likeness (QED) is 0.735. The monoisotopic (exact) mass is 338 g/mol. The molecule has 0 aromatic rings. The van der Waals surface area contributed by atoms with E-state index >= 15 is 0 Å². The zero-order valence-corrected chi connectivity index (χ0v) is 14.0. The highest BCUT2D eigenvalue weighted by Gasteiger charge is 2.70. The molecule has 1 N–H and O–H groups in total. The van der Waals surface area contributed by atoms with Gasteiger partial charge in [0.05, 0.1) is 6.61 Å². The van der Waals surface area contributed by atoms with Gasteiger partial charge in [-0.05, 0) is 27.7 Å². The molecule has 3 saturated heterocycles. The molecule has 9 heteroatoms. The van der Waals surface area contributed by atoms with Crippen molar-refractivity contribution in [1.82, 2.24) is 0 Å². The molecule has 3 rings (SSSR count). The molecule has 0 unspecified atom stereocenters. The zero-order chi connectivity index (χ0) is 16.6. The molecule has 0 spiro atoms. The third-order valence-corrected chi connectivity index (χ3v) is 5.77. The smallest absolute Gasteiger partial charge is 0.226 e. The van der Waals surface area contributed by atoms with Gasteiger partial charge in [-0.15, -0.1) is 0 Å². The molecular formula is C13H22O8S. The van der Waals surface area contributed by atoms with Crippen molar-refractivity contribution in [2.75, 3.05) is 12.9 Å². The maximum atomic E-state index is 12.3. The Kier molecular flexibility index (Phi) is 3.48. The number of rotatable bonds is 2. The van der Waals surface area contributed by atoms with E-state index in [1.165, 1.54) is 0 Å². The Morgan fingerprint density at radius 2 is 1.64 bits per heavy atom. The first-order chi connectivity index (χ1) is 9.86. The maximum absolute atomic E-state index is 12.3. The van der Waals surface area contributed by atoms with Gasteiger partial charge in [-0.1, -0.05) is 0 Å². The first kappa shape index (κ1) is 16.6. The van der Waals surface area contributed by atoms with Crippen LogP contribution in [0.15, 0.2) is 0 Å². The zero-order valence-electron chi connectivity index (χ0n) is 13.2. The second kappa shape index (κ2) is 4.62. The van der Waals surface area contributed by atoms with Gasteiger partial charge in [0.1, 0.15) is 12.2 Å². The van der Waals surface area contributed by atoms with E-state index in [0.29, 0.717) is 0 Å². The lowest BCUT2D eigenvalue weighted by atomic mass is 10.1. The molecule has 5 atom stereocenters. The molecule has 3 fully saturated rings. The van der Waals surface area contributed by atoms with E-state index in [9.17, 15) is 13.5 Å². The molecule has 8 nitrogen and oxygen atoms in total. The third-order valence-electron chi connectivity index (χ3n) is 4.12. The molecule has 3 heterocycles. The van der Waals surface area contributed by atoms with Gasteiger partial charge in [0.2, 0.25) is 4.93 Å². The lowest BCUT2D eigenvalue weighted by molar-refractivity contribution is -0.236. The first-order valence-electron chi connectivity index (χ1n) is 7.11. The second-order valence-corrected chi connectivity index (χ2v) is 9.07. The number of sulfone groups is 1. The van der Waals surface area contributed by atoms with Crippen molar-refractivity contribution in [1.29, 1.82) is 0 Å². The summed E-state index contributed by atoms with van der Waals surface area (Å²) >= 11 is 0. The van der Waals surface area contributed by atoms with E-state index in [1.54, 1.807) is 27.7 Å². The van der Waals surface area contributed by atoms with Crippen LogP contribution in [0.1, 0.15) is 27.7 Å². The van der Waals surface area contributed by atoms with Crippen molar-refractivity contribution < 1.29 is 37.2 Å². The largest absolute Gasteiger partial charge is 0.370 e. The van der Waals surface area contributed by atoms with Crippen LogP contribution in [0.25, 0.3) is 0 Å². The average Bonchev–Trinajstić information content (AvgIpc) is 2.90. The Hall–Kier alpha value is -0.290. The Morgan fingerprint density at radius 1 is 1.00 bits per heavy atom. The van der Waals surface area contributed by atoms with E-state index in [-0.39, 0.29) is 6.61 Å². The van der Waals surface area contributed by atoms with Crippen LogP contribution >= 0.6 is 0 Å². The molecule has 0 aliphatic carbocycles. The number of aliphatic hydroxyl groups is 1. The number of hydrogen-bond acceptors (Lipinski definition) is 8. The molecule has 0 aromatic heterocycles. The van der Waals surface area contributed by atoms with E-state index in [2.05, 4.69) is 0 Å². The van der Waals surface area contributed by atoms with Gasteiger partial charge in [0.15, 0.2) is 33.8 Å². The minimum Gasteiger partial charge on any atom is -0.370 e. The summed E-state index contributed by atoms with van der Waals surface area (Å²) in [6, 6.07) is 0. The van der Waals surface area contributed by atoms with Gasteiger partial charge >= 0.3 is 0 Å². The maximum Gasteiger partial charge on any atom is 0.226 e. The van der Waals surface area contributed by atoms with Crippen LogP contribution in [0.4, 0.5) is 0 Å². The highest BCUT2D eigenvalue weighted by molar-refractivity contribution is 7.92. The molecule has 0 bridgehead atoms. The summed E-state index contributed by atoms with van der Waals surface area (Å²) < 4.78 is 52.4. The molecule has 0 aromatic carbocycles. The van der Waals surface area contributed by atoms with Crippen LogP contribution in [0.3, 0.4) is 0 Å². The first-order valence-corrected chi connectivity index (χ1v) is 9.00. The molecule has 0 radical (unpaired) electrons. The van der Waals surface area contributed by atoms with E-state index in [4.69, 9.17) is 23.7 Å². The fourth-order valence-corrected chi connectivity index (χ4v) is 4.36. The van der Waals surface area contributed by atoms with Crippen LogP contribution in [-0.4, -0.2) is 67.5 Å². The van der Waals surface area contributed by atoms with E-state index in [1.807, 2.05) is 0 Å². The van der Waals surface area contributed by atoms with Crippen molar-refractivity contribution >= 4 is 9.84 Å². The minimum absolute atomic E-state index is 0.109. The highest BCUT2D eigenvalue weighted by atomic mass is 32.2. The molecule has 22 heavy (non-hydrogen) atoms. The van der Waals surface area contributed by atoms with Crippen molar-refractivity contribution in [3.8, 4) is 0 Å². The highest BCUT2D eigenvalue weighted by Crippen LogP contribution is 2.48. The summed E-state index contributed by atoms with van der Waals surface area (Å²) in [5.74, 6) is -1.91. The molecule has 3 aliphatic rings. The Labute approximate surface area is 129 Å². The summed E-state index contributed by atoms with van der Waals surface area (Å²) in [5, 5.41) is 11.0. The van der Waals surface area contributed by atoms with Crippen LogP contribution in [0.2, 0.25) is 0 Å². The van der Waals surface area contributed by atoms with Gasteiger partial charge in [-0.3, -0.25) is 0 Å². The van der Waals surface area contributed by atoms with E-state index in [0.717, 1.165) is 6.26 Å². The molecule has 0 saturated carbocycles. The molecular weight excluding hydrogens is 316 g/mol. The summed E-state index contributed by atoms with van der Waals surface area (Å²) in [5.41, 5.74) is 0. The Balaban J connectivity index is 1.95. The van der Waals surface area contributed by atoms with Crippen LogP contribution in [0.5, 0.6) is 0 Å². The molecule has 0 amide bonds. The van der Waals surface area contributed by atoms with Gasteiger partial charge in [-0.2, -0.15) is 0 Å². The predicted molar refractivity (Wildman–Crippen MR) is 73.4 cm³/mol. The lowest BCUT2D eigenvalue weighted by Gasteiger charge is -2.34. The SMILES string of the molecule is CC1(C)OC[C@H]([C@H]2O[C@@H]3OC(C)(C)O[C@@H]3[C@]2(O)S(C)(=O)=O)O1. The number of fused-ring (bicyclic) bond motifs is 1. The molecule has 3 aliphatic heterocycles. The second-order valence-electron chi connectivity index (χ2n) is 6.87. The van der Waals surface area contributed by atoms with Crippen LogP contribution < -0.4 is 0 Å². The predicted octanol–water partition coefficient (Wildman–Crippen LogP) is -0.252. The van der Waals surface area contributed by atoms with Gasteiger partial charge in [0, 0.05) is 6.26 Å². The van der Waals surface area contributed by atoms with Gasteiger partial charge in [0.25, 0.3) is 0 Å². The normalized spacial score (nSPS) is 46.8. The van der Waals surface area contributed by atoms with Crippen molar-refractivity contribution in [2.45, 2.75) is 68.8 Å². The summed E-state index contributed by atoms with van der Waals surface area (Å²) in [4.78, 5) is -2.26. The van der Waals surface area contributed by atoms with E-state index < -0.39 is 50.9 Å². The number of hydrogen-bond donors (Lipinski definition) is 1. The summed E-state index contributed by atoms with van der Waals surface area (Å²) in [6.45, 7) is 6.78. The fraction of sp³-hybridized carbons (Fsp3) is 1.00. The summed E-state index contributed by atoms with van der Waals surface area (Å²) in [6.07, 6.45) is -3.07.